The first kappa shape index (κ1) is 16.1. The van der Waals surface area contributed by atoms with E-state index in [2.05, 4.69) is 34.7 Å². The number of carbonyl (C=O) groups excluding carboxylic acids is 1. The standard InChI is InChI=1S/C22H18N2O2/c25-22(12-16-6-2-1-3-7-16)23-15-20-14-21(26-24-20)19-11-10-17-8-4-5-9-18(17)13-19/h1-11,13-14H,12,15H2,(H,23,25). The number of nitrogens with one attached hydrogen (secondary N) is 1. The van der Waals surface area contributed by atoms with Crippen LogP contribution in [0, 0.1) is 0 Å². The molecule has 1 heterocycles. The number of carbonyl (C=O) groups is 1. The molecule has 4 heteroatoms. The summed E-state index contributed by atoms with van der Waals surface area (Å²) in [6, 6.07) is 25.9. The molecule has 4 rings (SSSR count). The maximum atomic E-state index is 12.0. The topological polar surface area (TPSA) is 55.1 Å². The van der Waals surface area contributed by atoms with Crippen LogP contribution in [-0.4, -0.2) is 11.1 Å². The van der Waals surface area contributed by atoms with Crippen molar-refractivity contribution < 1.29 is 9.32 Å². The Morgan fingerprint density at radius 1 is 0.885 bits per heavy atom. The van der Waals surface area contributed by atoms with Crippen molar-refractivity contribution in [2.45, 2.75) is 13.0 Å². The van der Waals surface area contributed by atoms with Crippen molar-refractivity contribution in [1.82, 2.24) is 10.5 Å². The Kier molecular flexibility index (Phi) is 4.48. The lowest BCUT2D eigenvalue weighted by Gasteiger charge is -2.02. The molecule has 0 aliphatic rings. The second kappa shape index (κ2) is 7.23. The van der Waals surface area contributed by atoms with Crippen LogP contribution >= 0.6 is 0 Å². The minimum atomic E-state index is -0.0357. The Balaban J connectivity index is 1.41. The highest BCUT2D eigenvalue weighted by Gasteiger charge is 2.09. The first-order chi connectivity index (χ1) is 12.8. The van der Waals surface area contributed by atoms with Crippen LogP contribution in [0.3, 0.4) is 0 Å². The molecule has 4 nitrogen and oxygen atoms in total. The van der Waals surface area contributed by atoms with Gasteiger partial charge < -0.3 is 9.84 Å². The fourth-order valence-electron chi connectivity index (χ4n) is 2.91. The third-order valence-corrected chi connectivity index (χ3v) is 4.27. The Morgan fingerprint density at radius 2 is 1.65 bits per heavy atom. The molecule has 0 fully saturated rings. The maximum Gasteiger partial charge on any atom is 0.224 e. The summed E-state index contributed by atoms with van der Waals surface area (Å²) in [7, 11) is 0. The zero-order valence-corrected chi connectivity index (χ0v) is 14.2. The Labute approximate surface area is 151 Å². The van der Waals surface area contributed by atoms with E-state index in [1.165, 1.54) is 5.39 Å². The molecule has 0 aliphatic carbocycles. The number of amides is 1. The second-order valence-electron chi connectivity index (χ2n) is 6.18. The number of hydrogen-bond acceptors (Lipinski definition) is 3. The predicted octanol–water partition coefficient (Wildman–Crippen LogP) is 4.35. The number of hydrogen-bond donors (Lipinski definition) is 1. The monoisotopic (exact) mass is 342 g/mol. The van der Waals surface area contributed by atoms with Gasteiger partial charge in [-0.05, 0) is 22.4 Å². The van der Waals surface area contributed by atoms with Crippen molar-refractivity contribution >= 4 is 16.7 Å². The molecule has 0 atom stereocenters. The van der Waals surface area contributed by atoms with Crippen LogP contribution in [0.25, 0.3) is 22.1 Å². The highest BCUT2D eigenvalue weighted by molar-refractivity contribution is 5.86. The first-order valence-electron chi connectivity index (χ1n) is 8.53. The lowest BCUT2D eigenvalue weighted by atomic mass is 10.1. The van der Waals surface area contributed by atoms with Gasteiger partial charge in [0, 0.05) is 11.6 Å². The number of nitrogens with zero attached hydrogens (tertiary/aromatic N) is 1. The van der Waals surface area contributed by atoms with Crippen LogP contribution in [0.1, 0.15) is 11.3 Å². The highest BCUT2D eigenvalue weighted by atomic mass is 16.5. The van der Waals surface area contributed by atoms with Crippen molar-refractivity contribution in [2.75, 3.05) is 0 Å². The summed E-state index contributed by atoms with van der Waals surface area (Å²) in [5.41, 5.74) is 2.66. The van der Waals surface area contributed by atoms with Crippen LogP contribution in [0.2, 0.25) is 0 Å². The average Bonchev–Trinajstić information content (AvgIpc) is 3.16. The smallest absolute Gasteiger partial charge is 0.224 e. The molecule has 1 N–H and O–H groups in total. The van der Waals surface area contributed by atoms with E-state index in [-0.39, 0.29) is 5.91 Å². The van der Waals surface area contributed by atoms with E-state index >= 15 is 0 Å². The molecule has 26 heavy (non-hydrogen) atoms. The number of aromatic nitrogens is 1. The normalized spacial score (nSPS) is 10.8. The molecule has 4 aromatic rings. The van der Waals surface area contributed by atoms with Gasteiger partial charge in [0.25, 0.3) is 0 Å². The maximum absolute atomic E-state index is 12.0. The summed E-state index contributed by atoms with van der Waals surface area (Å²) in [6.07, 6.45) is 0.357. The number of benzene rings is 3. The molecule has 0 spiro atoms. The minimum absolute atomic E-state index is 0.0357. The molecular formula is C22H18N2O2. The van der Waals surface area contributed by atoms with E-state index in [1.54, 1.807) is 0 Å². The molecule has 1 aromatic heterocycles. The first-order valence-corrected chi connectivity index (χ1v) is 8.53. The van der Waals surface area contributed by atoms with Gasteiger partial charge in [-0.1, -0.05) is 71.9 Å². The van der Waals surface area contributed by atoms with Crippen LogP contribution in [0.15, 0.2) is 83.4 Å². The lowest BCUT2D eigenvalue weighted by molar-refractivity contribution is -0.120. The van der Waals surface area contributed by atoms with E-state index in [1.807, 2.05) is 54.6 Å². The van der Waals surface area contributed by atoms with Gasteiger partial charge in [-0.25, -0.2) is 0 Å². The zero-order valence-electron chi connectivity index (χ0n) is 14.2. The number of fused-ring (bicyclic) bond motifs is 1. The summed E-state index contributed by atoms with van der Waals surface area (Å²) in [5.74, 6) is 0.662. The molecule has 1 amide bonds. The van der Waals surface area contributed by atoms with Crippen LogP contribution in [0.4, 0.5) is 0 Å². The summed E-state index contributed by atoms with van der Waals surface area (Å²) >= 11 is 0. The van der Waals surface area contributed by atoms with Crippen molar-refractivity contribution in [1.29, 1.82) is 0 Å². The molecule has 0 aliphatic heterocycles. The predicted molar refractivity (Wildman–Crippen MR) is 101 cm³/mol. The van der Waals surface area contributed by atoms with E-state index in [9.17, 15) is 4.79 Å². The van der Waals surface area contributed by atoms with Crippen LogP contribution in [-0.2, 0) is 17.8 Å². The summed E-state index contributed by atoms with van der Waals surface area (Å²) in [5, 5.41) is 9.28. The fraction of sp³-hybridized carbons (Fsp3) is 0.0909. The van der Waals surface area contributed by atoms with Gasteiger partial charge in [0.2, 0.25) is 5.91 Å². The molecule has 0 saturated carbocycles. The van der Waals surface area contributed by atoms with Crippen molar-refractivity contribution in [2.24, 2.45) is 0 Å². The zero-order chi connectivity index (χ0) is 17.8. The van der Waals surface area contributed by atoms with Crippen molar-refractivity contribution in [3.8, 4) is 11.3 Å². The largest absolute Gasteiger partial charge is 0.356 e. The molecule has 0 unspecified atom stereocenters. The second-order valence-corrected chi connectivity index (χ2v) is 6.18. The van der Waals surface area contributed by atoms with Crippen molar-refractivity contribution in [3.63, 3.8) is 0 Å². The van der Waals surface area contributed by atoms with E-state index in [0.29, 0.717) is 24.4 Å². The molecule has 0 bridgehead atoms. The summed E-state index contributed by atoms with van der Waals surface area (Å²) in [4.78, 5) is 12.0. The SMILES string of the molecule is O=C(Cc1ccccc1)NCc1cc(-c2ccc3ccccc3c2)on1. The quantitative estimate of drug-likeness (QED) is 0.586. The van der Waals surface area contributed by atoms with E-state index < -0.39 is 0 Å². The van der Waals surface area contributed by atoms with Gasteiger partial charge >= 0.3 is 0 Å². The van der Waals surface area contributed by atoms with Gasteiger partial charge in [-0.15, -0.1) is 0 Å². The third-order valence-electron chi connectivity index (χ3n) is 4.27. The molecular weight excluding hydrogens is 324 g/mol. The summed E-state index contributed by atoms with van der Waals surface area (Å²) in [6.45, 7) is 0.350. The Morgan fingerprint density at radius 3 is 2.50 bits per heavy atom. The van der Waals surface area contributed by atoms with E-state index in [4.69, 9.17) is 4.52 Å². The lowest BCUT2D eigenvalue weighted by Crippen LogP contribution is -2.24. The average molecular weight is 342 g/mol. The van der Waals surface area contributed by atoms with Gasteiger partial charge in [-0.2, -0.15) is 0 Å². The third kappa shape index (κ3) is 3.64. The van der Waals surface area contributed by atoms with Gasteiger partial charge in [0.05, 0.1) is 13.0 Å². The Bertz CT molecular complexity index is 1040. The minimum Gasteiger partial charge on any atom is -0.356 e. The van der Waals surface area contributed by atoms with Gasteiger partial charge in [-0.3, -0.25) is 4.79 Å². The van der Waals surface area contributed by atoms with Crippen molar-refractivity contribution in [3.05, 3.63) is 90.1 Å². The summed E-state index contributed by atoms with van der Waals surface area (Å²) < 4.78 is 5.45. The Hall–Kier alpha value is -3.40. The highest BCUT2D eigenvalue weighted by Crippen LogP contribution is 2.25. The van der Waals surface area contributed by atoms with Gasteiger partial charge in [0.15, 0.2) is 5.76 Å². The van der Waals surface area contributed by atoms with Crippen LogP contribution in [0.5, 0.6) is 0 Å². The van der Waals surface area contributed by atoms with E-state index in [0.717, 1.165) is 16.5 Å². The fourth-order valence-corrected chi connectivity index (χ4v) is 2.91. The molecule has 3 aromatic carbocycles. The molecule has 0 radical (unpaired) electrons. The van der Waals surface area contributed by atoms with Gasteiger partial charge in [0.1, 0.15) is 5.69 Å². The van der Waals surface area contributed by atoms with Crippen LogP contribution < -0.4 is 5.32 Å². The number of rotatable bonds is 5. The molecule has 0 saturated heterocycles. The molecule has 128 valence electrons.